The predicted octanol–water partition coefficient (Wildman–Crippen LogP) is 6.65. The molecule has 1 aliphatic heterocycles. The molecule has 0 aliphatic carbocycles. The van der Waals surface area contributed by atoms with Gasteiger partial charge in [-0.1, -0.05) is 42.4 Å². The zero-order valence-corrected chi connectivity index (χ0v) is 25.8. The van der Waals surface area contributed by atoms with E-state index in [1.54, 1.807) is 41.4 Å². The number of rotatable bonds is 7. The van der Waals surface area contributed by atoms with Crippen LogP contribution in [0.1, 0.15) is 5.69 Å². The van der Waals surface area contributed by atoms with Gasteiger partial charge in [0.05, 0.1) is 27.1 Å². The van der Waals surface area contributed by atoms with E-state index in [1.165, 1.54) is 17.2 Å². The lowest BCUT2D eigenvalue weighted by molar-refractivity contribution is -0.131. The first kappa shape index (κ1) is 30.9. The van der Waals surface area contributed by atoms with Crippen molar-refractivity contribution in [3.05, 3.63) is 107 Å². The van der Waals surface area contributed by atoms with Gasteiger partial charge in [0, 0.05) is 43.0 Å². The third-order valence-electron chi connectivity index (χ3n) is 8.21. The largest absolute Gasteiger partial charge is 0.457 e. The molecule has 1 amide bonds. The maximum Gasteiger partial charge on any atom is 0.319 e. The monoisotopic (exact) mass is 668 g/mol. The summed E-state index contributed by atoms with van der Waals surface area (Å²) in [7, 11) is 0. The normalized spacial score (nSPS) is 14.9. The predicted molar refractivity (Wildman–Crippen MR) is 175 cm³/mol. The minimum atomic E-state index is -1.12. The number of halogens is 4. The lowest BCUT2D eigenvalue weighted by Gasteiger charge is -2.39. The number of fused-ring (bicyclic) bond motifs is 3. The summed E-state index contributed by atoms with van der Waals surface area (Å²) in [5.41, 5.74) is 2.24. The highest BCUT2D eigenvalue weighted by Gasteiger charge is 2.35. The van der Waals surface area contributed by atoms with Crippen molar-refractivity contribution in [2.24, 2.45) is 0 Å². The van der Waals surface area contributed by atoms with Crippen LogP contribution in [0.3, 0.4) is 0 Å². The van der Waals surface area contributed by atoms with Gasteiger partial charge >= 0.3 is 6.01 Å². The Hall–Kier alpha value is -5.74. The number of hydrogen-bond acceptors (Lipinski definition) is 7. The highest BCUT2D eigenvalue weighted by atomic mass is 35.5. The maximum absolute atomic E-state index is 16.7. The van der Waals surface area contributed by atoms with Gasteiger partial charge < -0.3 is 24.4 Å². The number of hydrogen-bond donors (Lipinski definition) is 1. The molecule has 0 saturated carbocycles. The van der Waals surface area contributed by atoms with Crippen LogP contribution in [0.2, 0.25) is 5.02 Å². The van der Waals surface area contributed by atoms with Crippen molar-refractivity contribution in [3.63, 3.8) is 0 Å². The number of amides is 1. The van der Waals surface area contributed by atoms with Crippen LogP contribution in [-0.4, -0.2) is 67.9 Å². The van der Waals surface area contributed by atoms with Gasteiger partial charge in [0.25, 0.3) is 5.91 Å². The van der Waals surface area contributed by atoms with E-state index in [9.17, 15) is 13.6 Å². The minimum absolute atomic E-state index is 0.000311. The van der Waals surface area contributed by atoms with Gasteiger partial charge in [0.1, 0.15) is 35.5 Å². The van der Waals surface area contributed by atoms with Crippen molar-refractivity contribution >= 4 is 56.0 Å². The Kier molecular flexibility index (Phi) is 8.02. The Balaban J connectivity index is 1.34. The molecule has 1 fully saturated rings. The van der Waals surface area contributed by atoms with Crippen LogP contribution in [0.5, 0.6) is 6.01 Å². The summed E-state index contributed by atoms with van der Waals surface area (Å²) >= 11 is 6.36. The lowest BCUT2D eigenvalue weighted by atomic mass is 10.0. The molecule has 240 valence electrons. The van der Waals surface area contributed by atoms with E-state index >= 15 is 4.39 Å². The van der Waals surface area contributed by atoms with Crippen LogP contribution >= 0.6 is 11.6 Å². The van der Waals surface area contributed by atoms with E-state index in [0.29, 0.717) is 16.5 Å². The topological polar surface area (TPSA) is 104 Å². The number of ether oxygens (including phenoxy) is 1. The molecule has 6 aromatic rings. The minimum Gasteiger partial charge on any atom is -0.457 e. The standard InChI is InChI=1S/C34H24ClF3N8O2/c1-18(36)33(47)46-12-11-45(16-21(46)14-39-2)32-23-15-41-30(22-6-3-5-19-8-9-24(37)28(35)27(19)22)29(38)31(23)43-34(44-32)48-17-20-13-26-25(42-20)7-4-10-40-26/h3-10,13,15,21,42H,1,11-12,14,16-17H2/t21-/m0/s1. The third-order valence-corrected chi connectivity index (χ3v) is 8.58. The molecule has 10 nitrogen and oxygen atoms in total. The number of carbonyl (C=O) groups is 1. The molecule has 1 N–H and O–H groups in total. The molecule has 14 heteroatoms. The number of nitrogens with zero attached hydrogens (tertiary/aromatic N) is 7. The number of H-pyrrole nitrogens is 1. The molecule has 1 aliphatic rings. The van der Waals surface area contributed by atoms with Crippen molar-refractivity contribution in [1.82, 2.24) is 29.8 Å². The molecule has 4 aromatic heterocycles. The first-order valence-electron chi connectivity index (χ1n) is 14.8. The molecule has 0 spiro atoms. The first-order chi connectivity index (χ1) is 23.2. The Morgan fingerprint density at radius 3 is 2.79 bits per heavy atom. The van der Waals surface area contributed by atoms with Gasteiger partial charge in [-0.3, -0.25) is 14.8 Å². The van der Waals surface area contributed by atoms with Gasteiger partial charge in [-0.05, 0) is 29.7 Å². The average Bonchev–Trinajstić information content (AvgIpc) is 3.52. The molecular weight excluding hydrogens is 645 g/mol. The number of pyridine rings is 2. The molecular formula is C34H24ClF3N8O2. The van der Waals surface area contributed by atoms with Crippen LogP contribution in [-0.2, 0) is 11.4 Å². The molecule has 48 heavy (non-hydrogen) atoms. The van der Waals surface area contributed by atoms with Crippen molar-refractivity contribution < 1.29 is 22.7 Å². The summed E-state index contributed by atoms with van der Waals surface area (Å²) in [4.78, 5) is 40.0. The van der Waals surface area contributed by atoms with Crippen LogP contribution in [0, 0.1) is 18.2 Å². The van der Waals surface area contributed by atoms with Crippen LogP contribution < -0.4 is 9.64 Å². The Morgan fingerprint density at radius 1 is 1.15 bits per heavy atom. The Morgan fingerprint density at radius 2 is 2.00 bits per heavy atom. The molecule has 1 saturated heterocycles. The van der Waals surface area contributed by atoms with Crippen molar-refractivity contribution in [2.75, 3.05) is 31.1 Å². The van der Waals surface area contributed by atoms with E-state index in [4.69, 9.17) is 22.9 Å². The van der Waals surface area contributed by atoms with Gasteiger partial charge in [0.15, 0.2) is 11.6 Å². The van der Waals surface area contributed by atoms with Gasteiger partial charge in [-0.2, -0.15) is 9.97 Å². The van der Waals surface area contributed by atoms with Gasteiger partial charge in [-0.15, -0.1) is 0 Å². The fourth-order valence-electron chi connectivity index (χ4n) is 5.99. The van der Waals surface area contributed by atoms with Crippen molar-refractivity contribution in [1.29, 1.82) is 0 Å². The molecule has 2 aromatic carbocycles. The Bertz CT molecular complexity index is 2270. The summed E-state index contributed by atoms with van der Waals surface area (Å²) in [6.07, 6.45) is 3.08. The summed E-state index contributed by atoms with van der Waals surface area (Å²) in [5, 5.41) is 0.945. The SMILES string of the molecule is [C-]#[N+]C[C@H]1CN(c2nc(OCc3cc4ncccc4[nH]3)nc3c(F)c(-c4cccc5ccc(F)c(Cl)c45)ncc23)CCN1C(=O)C(=C)F. The highest BCUT2D eigenvalue weighted by molar-refractivity contribution is 6.36. The fourth-order valence-corrected chi connectivity index (χ4v) is 6.26. The second-order valence-electron chi connectivity index (χ2n) is 11.1. The molecule has 0 unspecified atom stereocenters. The summed E-state index contributed by atoms with van der Waals surface area (Å²) < 4.78 is 51.1. The first-order valence-corrected chi connectivity index (χ1v) is 15.1. The third kappa shape index (κ3) is 5.50. The highest BCUT2D eigenvalue weighted by Crippen LogP contribution is 2.38. The fraction of sp³-hybridized carbons (Fsp3) is 0.176. The van der Waals surface area contributed by atoms with Crippen molar-refractivity contribution in [2.45, 2.75) is 12.6 Å². The summed E-state index contributed by atoms with van der Waals surface area (Å²) in [6.45, 7) is 10.7. The number of carbonyl (C=O) groups excluding carboxylic acids is 1. The van der Waals surface area contributed by atoms with Crippen LogP contribution in [0.25, 0.3) is 48.8 Å². The molecule has 5 heterocycles. The second kappa shape index (κ2) is 12.5. The zero-order chi connectivity index (χ0) is 33.5. The zero-order valence-electron chi connectivity index (χ0n) is 25.1. The summed E-state index contributed by atoms with van der Waals surface area (Å²) in [6, 6.07) is 12.4. The molecule has 7 rings (SSSR count). The van der Waals surface area contributed by atoms with Gasteiger partial charge in [0.2, 0.25) is 6.54 Å². The quantitative estimate of drug-likeness (QED) is 0.150. The number of aromatic nitrogens is 5. The van der Waals surface area contributed by atoms with E-state index < -0.39 is 29.4 Å². The van der Waals surface area contributed by atoms with Crippen molar-refractivity contribution in [3.8, 4) is 17.3 Å². The lowest BCUT2D eigenvalue weighted by Crippen LogP contribution is -2.56. The van der Waals surface area contributed by atoms with Crippen LogP contribution in [0.15, 0.2) is 73.3 Å². The number of nitrogens with one attached hydrogen (secondary N) is 1. The molecule has 0 radical (unpaired) electrons. The van der Waals surface area contributed by atoms with E-state index in [-0.39, 0.29) is 71.8 Å². The summed E-state index contributed by atoms with van der Waals surface area (Å²) in [5.74, 6) is -3.25. The average molecular weight is 669 g/mol. The van der Waals surface area contributed by atoms with E-state index in [2.05, 4.69) is 36.3 Å². The number of aromatic amines is 1. The van der Waals surface area contributed by atoms with Crippen LogP contribution in [0.4, 0.5) is 19.0 Å². The second-order valence-corrected chi connectivity index (χ2v) is 11.5. The number of anilines is 1. The molecule has 1 atom stereocenters. The van der Waals surface area contributed by atoms with Gasteiger partial charge in [-0.25, -0.2) is 19.7 Å². The number of benzene rings is 2. The maximum atomic E-state index is 16.7. The molecule has 0 bridgehead atoms. The van der Waals surface area contributed by atoms with E-state index in [1.807, 2.05) is 12.1 Å². The smallest absolute Gasteiger partial charge is 0.319 e. The number of piperazine rings is 1. The Labute approximate surface area is 276 Å². The van der Waals surface area contributed by atoms with E-state index in [0.717, 1.165) is 11.0 Å².